The first-order valence-corrected chi connectivity index (χ1v) is 7.81. The van der Waals surface area contributed by atoms with Gasteiger partial charge < -0.3 is 15.0 Å². The van der Waals surface area contributed by atoms with Gasteiger partial charge in [-0.15, -0.1) is 0 Å². The van der Waals surface area contributed by atoms with Gasteiger partial charge in [0, 0.05) is 49.3 Å². The molecular weight excluding hydrogens is 300 g/mol. The summed E-state index contributed by atoms with van der Waals surface area (Å²) in [6.45, 7) is -0.0200. The van der Waals surface area contributed by atoms with E-state index in [1.807, 2.05) is 22.9 Å². The van der Waals surface area contributed by atoms with Crippen LogP contribution in [-0.2, 0) is 6.54 Å². The van der Waals surface area contributed by atoms with Crippen LogP contribution in [0.3, 0.4) is 0 Å². The number of likely N-dealkylation sites (tertiary alicyclic amines) is 1. The maximum Gasteiger partial charge on any atom is 0.387 e. The summed E-state index contributed by atoms with van der Waals surface area (Å²) in [6, 6.07) is 11.1. The molecule has 2 N–H and O–H groups in total. The molecule has 1 saturated heterocycles. The Kier molecular flexibility index (Phi) is 4.93. The minimum absolute atomic E-state index is 0.168. The van der Waals surface area contributed by atoms with E-state index in [1.165, 1.54) is 6.07 Å². The summed E-state index contributed by atoms with van der Waals surface area (Å²) in [5.74, 6) is 0.168. The fourth-order valence-corrected chi connectivity index (χ4v) is 2.95. The lowest BCUT2D eigenvalue weighted by Crippen LogP contribution is -2.39. The maximum atomic E-state index is 12.4. The highest BCUT2D eigenvalue weighted by Crippen LogP contribution is 2.22. The highest BCUT2D eigenvalue weighted by atomic mass is 19.3. The number of nitrogens with zero attached hydrogens (tertiary/aromatic N) is 2. The van der Waals surface area contributed by atoms with E-state index in [9.17, 15) is 8.78 Å². The van der Waals surface area contributed by atoms with Crippen LogP contribution in [0.25, 0.3) is 5.69 Å². The fraction of sp³-hybridized carbons (Fsp3) is 0.412. The van der Waals surface area contributed by atoms with Crippen LogP contribution in [0.15, 0.2) is 42.6 Å². The van der Waals surface area contributed by atoms with Crippen molar-refractivity contribution in [2.45, 2.75) is 32.0 Å². The summed E-state index contributed by atoms with van der Waals surface area (Å²) in [7, 11) is 0. The molecule has 0 spiro atoms. The van der Waals surface area contributed by atoms with Gasteiger partial charge in [-0.3, -0.25) is 4.90 Å². The Balaban J connectivity index is 1.75. The summed E-state index contributed by atoms with van der Waals surface area (Å²) in [5.41, 5.74) is 7.88. The second-order valence-electron chi connectivity index (χ2n) is 5.86. The molecule has 0 unspecified atom stereocenters. The molecule has 4 nitrogen and oxygen atoms in total. The molecular formula is C17H21F2N3O. The molecule has 0 radical (unpaired) electrons. The number of benzene rings is 1. The van der Waals surface area contributed by atoms with Crippen LogP contribution < -0.4 is 10.5 Å². The number of ether oxygens (including phenoxy) is 1. The van der Waals surface area contributed by atoms with Crippen molar-refractivity contribution in [1.29, 1.82) is 0 Å². The number of nitrogens with two attached hydrogens (primary N) is 1. The van der Waals surface area contributed by atoms with Crippen molar-refractivity contribution < 1.29 is 13.5 Å². The molecule has 124 valence electrons. The van der Waals surface area contributed by atoms with Crippen LogP contribution in [0.2, 0.25) is 0 Å². The smallest absolute Gasteiger partial charge is 0.387 e. The Morgan fingerprint density at radius 3 is 2.70 bits per heavy atom. The molecule has 6 heteroatoms. The maximum absolute atomic E-state index is 12.4. The van der Waals surface area contributed by atoms with E-state index in [1.54, 1.807) is 12.1 Å². The van der Waals surface area contributed by atoms with E-state index < -0.39 is 6.61 Å². The van der Waals surface area contributed by atoms with Crippen molar-refractivity contribution in [3.8, 4) is 11.4 Å². The Labute approximate surface area is 134 Å². The molecule has 1 aliphatic rings. The second kappa shape index (κ2) is 7.10. The minimum Gasteiger partial charge on any atom is -0.435 e. The molecule has 1 aliphatic heterocycles. The monoisotopic (exact) mass is 321 g/mol. The fourth-order valence-electron chi connectivity index (χ4n) is 2.95. The summed E-state index contributed by atoms with van der Waals surface area (Å²) in [6.07, 6.45) is 3.96. The molecule has 1 aromatic carbocycles. The van der Waals surface area contributed by atoms with E-state index >= 15 is 0 Å². The van der Waals surface area contributed by atoms with Gasteiger partial charge in [-0.1, -0.05) is 6.07 Å². The molecule has 0 atom stereocenters. The Morgan fingerprint density at radius 2 is 1.96 bits per heavy atom. The van der Waals surface area contributed by atoms with Gasteiger partial charge in [-0.2, -0.15) is 8.78 Å². The Hall–Kier alpha value is -1.92. The summed E-state index contributed by atoms with van der Waals surface area (Å²) >= 11 is 0. The van der Waals surface area contributed by atoms with Crippen molar-refractivity contribution in [2.24, 2.45) is 5.73 Å². The van der Waals surface area contributed by atoms with E-state index in [2.05, 4.69) is 15.7 Å². The highest BCUT2D eigenvalue weighted by Gasteiger charge is 2.17. The third-order valence-corrected chi connectivity index (χ3v) is 4.17. The average molecular weight is 321 g/mol. The van der Waals surface area contributed by atoms with Crippen LogP contribution in [0, 0.1) is 0 Å². The lowest BCUT2D eigenvalue weighted by Gasteiger charge is -2.30. The number of rotatable bonds is 5. The summed E-state index contributed by atoms with van der Waals surface area (Å²) in [5, 5.41) is 0. The molecule has 0 bridgehead atoms. The van der Waals surface area contributed by atoms with E-state index in [-0.39, 0.29) is 5.75 Å². The topological polar surface area (TPSA) is 43.4 Å². The van der Waals surface area contributed by atoms with Crippen molar-refractivity contribution >= 4 is 0 Å². The van der Waals surface area contributed by atoms with Gasteiger partial charge in [0.15, 0.2) is 0 Å². The predicted octanol–water partition coefficient (Wildman–Crippen LogP) is 3.00. The molecule has 0 aliphatic carbocycles. The summed E-state index contributed by atoms with van der Waals surface area (Å²) in [4.78, 5) is 2.37. The second-order valence-corrected chi connectivity index (χ2v) is 5.86. The van der Waals surface area contributed by atoms with Crippen molar-refractivity contribution in [3.05, 3.63) is 48.3 Å². The zero-order valence-corrected chi connectivity index (χ0v) is 12.9. The third kappa shape index (κ3) is 4.09. The van der Waals surface area contributed by atoms with Gasteiger partial charge in [-0.25, -0.2) is 0 Å². The number of aromatic nitrogens is 1. The Bertz CT molecular complexity index is 636. The zero-order valence-electron chi connectivity index (χ0n) is 12.9. The van der Waals surface area contributed by atoms with E-state index in [0.717, 1.165) is 43.9 Å². The molecule has 1 fully saturated rings. The van der Waals surface area contributed by atoms with Gasteiger partial charge in [-0.05, 0) is 37.1 Å². The van der Waals surface area contributed by atoms with Gasteiger partial charge in [0.05, 0.1) is 0 Å². The highest BCUT2D eigenvalue weighted by molar-refractivity contribution is 5.41. The first kappa shape index (κ1) is 16.0. The normalized spacial score (nSPS) is 16.9. The number of halogens is 2. The molecule has 3 rings (SSSR count). The number of hydrogen-bond acceptors (Lipinski definition) is 3. The van der Waals surface area contributed by atoms with E-state index in [4.69, 9.17) is 5.73 Å². The number of piperidine rings is 1. The number of hydrogen-bond donors (Lipinski definition) is 1. The lowest BCUT2D eigenvalue weighted by atomic mass is 10.1. The first-order valence-electron chi connectivity index (χ1n) is 7.81. The van der Waals surface area contributed by atoms with Crippen LogP contribution >= 0.6 is 0 Å². The van der Waals surface area contributed by atoms with Gasteiger partial charge in [0.1, 0.15) is 5.75 Å². The molecule has 23 heavy (non-hydrogen) atoms. The van der Waals surface area contributed by atoms with Crippen molar-refractivity contribution in [2.75, 3.05) is 13.1 Å². The molecule has 2 heterocycles. The predicted molar refractivity (Wildman–Crippen MR) is 84.9 cm³/mol. The van der Waals surface area contributed by atoms with Crippen LogP contribution in [0.5, 0.6) is 5.75 Å². The molecule has 0 amide bonds. The zero-order chi connectivity index (χ0) is 16.2. The van der Waals surface area contributed by atoms with Crippen LogP contribution in [0.1, 0.15) is 18.5 Å². The minimum atomic E-state index is -2.81. The largest absolute Gasteiger partial charge is 0.435 e. The average Bonchev–Trinajstić information content (AvgIpc) is 2.97. The number of alkyl halides is 2. The summed E-state index contributed by atoms with van der Waals surface area (Å²) < 4.78 is 31.2. The Morgan fingerprint density at radius 1 is 1.17 bits per heavy atom. The molecule has 1 aromatic heterocycles. The van der Waals surface area contributed by atoms with E-state index in [0.29, 0.717) is 6.04 Å². The van der Waals surface area contributed by atoms with Gasteiger partial charge in [0.25, 0.3) is 0 Å². The van der Waals surface area contributed by atoms with Crippen LogP contribution in [0.4, 0.5) is 8.78 Å². The quantitative estimate of drug-likeness (QED) is 0.920. The van der Waals surface area contributed by atoms with Gasteiger partial charge in [0.2, 0.25) is 0 Å². The first-order chi connectivity index (χ1) is 11.1. The van der Waals surface area contributed by atoms with Crippen molar-refractivity contribution in [3.63, 3.8) is 0 Å². The standard InChI is InChI=1S/C17H21F2N3O/c18-17(19)23-16-5-1-3-14(11-16)22-8-2-4-15(22)12-21-9-6-13(20)7-10-21/h1-5,8,11,13,17H,6-7,9-10,12,20H2. The van der Waals surface area contributed by atoms with Crippen LogP contribution in [-0.4, -0.2) is 35.2 Å². The van der Waals surface area contributed by atoms with Gasteiger partial charge >= 0.3 is 6.61 Å². The van der Waals surface area contributed by atoms with Crippen molar-refractivity contribution in [1.82, 2.24) is 9.47 Å². The molecule has 0 saturated carbocycles. The molecule has 2 aromatic rings. The third-order valence-electron chi connectivity index (χ3n) is 4.17. The lowest BCUT2D eigenvalue weighted by molar-refractivity contribution is -0.0498. The SMILES string of the molecule is NC1CCN(Cc2cccn2-c2cccc(OC(F)F)c2)CC1.